The number of fused-ring (bicyclic) bond motifs is 1. The molecular formula is C25H25FN2O2. The number of rotatable bonds is 4. The standard InChI is InChI=1S/C25H25FN2O2/c1-27(16-18-8-9-19-5-2-3-6-21(19)15-18)24(29)22-7-4-14-28(17-22)25(30)20-10-12-23(26)13-11-20/h2-3,5-6,8-13,15,22H,4,7,14,16-17H2,1H3/t22-/m1/s1. The SMILES string of the molecule is CN(Cc1ccc2ccccc2c1)C(=O)[C@@H]1CCCN(C(=O)c2ccc(F)cc2)C1. The lowest BCUT2D eigenvalue weighted by Gasteiger charge is -2.34. The molecule has 1 aliphatic rings. The monoisotopic (exact) mass is 404 g/mol. The fourth-order valence-corrected chi connectivity index (χ4v) is 4.14. The van der Waals surface area contributed by atoms with E-state index in [-0.39, 0.29) is 23.5 Å². The van der Waals surface area contributed by atoms with Gasteiger partial charge in [0.1, 0.15) is 5.82 Å². The molecule has 154 valence electrons. The molecule has 1 fully saturated rings. The molecule has 4 nitrogen and oxygen atoms in total. The lowest BCUT2D eigenvalue weighted by Crippen LogP contribution is -2.45. The van der Waals surface area contributed by atoms with Gasteiger partial charge in [-0.2, -0.15) is 0 Å². The van der Waals surface area contributed by atoms with Crippen LogP contribution in [0.1, 0.15) is 28.8 Å². The van der Waals surface area contributed by atoms with Crippen LogP contribution >= 0.6 is 0 Å². The van der Waals surface area contributed by atoms with Gasteiger partial charge in [-0.25, -0.2) is 4.39 Å². The van der Waals surface area contributed by atoms with Crippen LogP contribution < -0.4 is 0 Å². The number of benzene rings is 3. The second-order valence-corrected chi connectivity index (χ2v) is 7.97. The van der Waals surface area contributed by atoms with Crippen LogP contribution in [0.3, 0.4) is 0 Å². The van der Waals surface area contributed by atoms with Gasteiger partial charge in [0.05, 0.1) is 5.92 Å². The first-order valence-corrected chi connectivity index (χ1v) is 10.3. The molecule has 3 aromatic rings. The van der Waals surface area contributed by atoms with Gasteiger partial charge in [-0.15, -0.1) is 0 Å². The van der Waals surface area contributed by atoms with Crippen molar-refractivity contribution in [2.24, 2.45) is 5.92 Å². The van der Waals surface area contributed by atoms with Crippen molar-refractivity contribution < 1.29 is 14.0 Å². The highest BCUT2D eigenvalue weighted by molar-refractivity contribution is 5.94. The number of nitrogens with zero attached hydrogens (tertiary/aromatic N) is 2. The number of likely N-dealkylation sites (tertiary alicyclic amines) is 1. The zero-order valence-corrected chi connectivity index (χ0v) is 17.1. The highest BCUT2D eigenvalue weighted by Crippen LogP contribution is 2.22. The Hall–Kier alpha value is -3.21. The highest BCUT2D eigenvalue weighted by Gasteiger charge is 2.30. The predicted molar refractivity (Wildman–Crippen MR) is 115 cm³/mol. The summed E-state index contributed by atoms with van der Waals surface area (Å²) in [7, 11) is 1.82. The summed E-state index contributed by atoms with van der Waals surface area (Å²) in [5, 5.41) is 2.34. The highest BCUT2D eigenvalue weighted by atomic mass is 19.1. The van der Waals surface area contributed by atoms with Crippen molar-refractivity contribution in [3.05, 3.63) is 83.7 Å². The molecule has 0 radical (unpaired) electrons. The first-order valence-electron chi connectivity index (χ1n) is 10.3. The van der Waals surface area contributed by atoms with Crippen molar-refractivity contribution in [3.8, 4) is 0 Å². The Morgan fingerprint density at radius 1 is 1.03 bits per heavy atom. The number of hydrogen-bond donors (Lipinski definition) is 0. The van der Waals surface area contributed by atoms with Gasteiger partial charge in [-0.1, -0.05) is 36.4 Å². The summed E-state index contributed by atoms with van der Waals surface area (Å²) < 4.78 is 13.1. The van der Waals surface area contributed by atoms with Crippen molar-refractivity contribution in [1.29, 1.82) is 0 Å². The third kappa shape index (κ3) is 4.35. The molecule has 1 saturated heterocycles. The summed E-state index contributed by atoms with van der Waals surface area (Å²) in [5.41, 5.74) is 1.54. The molecule has 5 heteroatoms. The van der Waals surface area contributed by atoms with E-state index in [1.165, 1.54) is 29.7 Å². The smallest absolute Gasteiger partial charge is 0.253 e. The normalized spacial score (nSPS) is 16.5. The van der Waals surface area contributed by atoms with Crippen molar-refractivity contribution in [3.63, 3.8) is 0 Å². The van der Waals surface area contributed by atoms with Crippen molar-refractivity contribution in [1.82, 2.24) is 9.80 Å². The van der Waals surface area contributed by atoms with Crippen molar-refractivity contribution in [2.75, 3.05) is 20.1 Å². The first-order chi connectivity index (χ1) is 14.5. The average Bonchev–Trinajstić information content (AvgIpc) is 2.78. The van der Waals surface area contributed by atoms with Gasteiger partial charge in [0, 0.05) is 32.2 Å². The van der Waals surface area contributed by atoms with Crippen LogP contribution in [0.2, 0.25) is 0 Å². The van der Waals surface area contributed by atoms with Gasteiger partial charge in [-0.05, 0) is 59.5 Å². The lowest BCUT2D eigenvalue weighted by atomic mass is 9.95. The van der Waals surface area contributed by atoms with E-state index < -0.39 is 0 Å². The molecule has 3 aromatic carbocycles. The Kier molecular flexibility index (Phi) is 5.79. The van der Waals surface area contributed by atoms with Gasteiger partial charge in [0.2, 0.25) is 5.91 Å². The number of piperidine rings is 1. The molecule has 30 heavy (non-hydrogen) atoms. The van der Waals surface area contributed by atoms with Gasteiger partial charge < -0.3 is 9.80 Å². The maximum atomic E-state index is 13.1. The van der Waals surface area contributed by atoms with Crippen LogP contribution in [0.5, 0.6) is 0 Å². The molecule has 0 aliphatic carbocycles. The molecular weight excluding hydrogens is 379 g/mol. The average molecular weight is 404 g/mol. The Morgan fingerprint density at radius 3 is 2.53 bits per heavy atom. The Balaban J connectivity index is 1.41. The fourth-order valence-electron chi connectivity index (χ4n) is 4.14. The number of carbonyl (C=O) groups is 2. The third-order valence-electron chi connectivity index (χ3n) is 5.76. The van der Waals surface area contributed by atoms with E-state index in [0.29, 0.717) is 25.2 Å². The van der Waals surface area contributed by atoms with E-state index in [1.54, 1.807) is 9.80 Å². The predicted octanol–water partition coefficient (Wildman–Crippen LogP) is 4.49. The molecule has 2 amide bonds. The van der Waals surface area contributed by atoms with E-state index in [4.69, 9.17) is 0 Å². The summed E-state index contributed by atoms with van der Waals surface area (Å²) in [6, 6.07) is 20.0. The first kappa shape index (κ1) is 20.1. The summed E-state index contributed by atoms with van der Waals surface area (Å²) in [4.78, 5) is 29.3. The molecule has 0 unspecified atom stereocenters. The van der Waals surface area contributed by atoms with Crippen LogP contribution in [0, 0.1) is 11.7 Å². The molecule has 0 spiro atoms. The van der Waals surface area contributed by atoms with E-state index in [9.17, 15) is 14.0 Å². The van der Waals surface area contributed by atoms with E-state index in [2.05, 4.69) is 30.3 Å². The second-order valence-electron chi connectivity index (χ2n) is 7.97. The summed E-state index contributed by atoms with van der Waals surface area (Å²) in [5.74, 6) is -0.674. The Bertz CT molecular complexity index is 1060. The summed E-state index contributed by atoms with van der Waals surface area (Å²) in [6.45, 7) is 1.55. The lowest BCUT2D eigenvalue weighted by molar-refractivity contribution is -0.136. The second kappa shape index (κ2) is 8.66. The van der Waals surface area contributed by atoms with Crippen LogP contribution in [0.4, 0.5) is 4.39 Å². The third-order valence-corrected chi connectivity index (χ3v) is 5.76. The Morgan fingerprint density at radius 2 is 1.77 bits per heavy atom. The van der Waals surface area contributed by atoms with Crippen molar-refractivity contribution in [2.45, 2.75) is 19.4 Å². The zero-order chi connectivity index (χ0) is 21.1. The summed E-state index contributed by atoms with van der Waals surface area (Å²) in [6.07, 6.45) is 1.56. The minimum absolute atomic E-state index is 0.0553. The number of amides is 2. The largest absolute Gasteiger partial charge is 0.341 e. The quantitative estimate of drug-likeness (QED) is 0.643. The summed E-state index contributed by atoms with van der Waals surface area (Å²) >= 11 is 0. The van der Waals surface area contributed by atoms with Gasteiger partial charge in [0.25, 0.3) is 5.91 Å². The molecule has 4 rings (SSSR count). The van der Waals surface area contributed by atoms with Gasteiger partial charge >= 0.3 is 0 Å². The van der Waals surface area contributed by atoms with Crippen LogP contribution in [0.15, 0.2) is 66.7 Å². The molecule has 0 saturated carbocycles. The molecule has 0 aromatic heterocycles. The molecule has 1 atom stereocenters. The number of hydrogen-bond acceptors (Lipinski definition) is 2. The maximum absolute atomic E-state index is 13.1. The van der Waals surface area contributed by atoms with Gasteiger partial charge in [-0.3, -0.25) is 9.59 Å². The topological polar surface area (TPSA) is 40.6 Å². The van der Waals surface area contributed by atoms with Crippen molar-refractivity contribution >= 4 is 22.6 Å². The van der Waals surface area contributed by atoms with E-state index in [1.807, 2.05) is 19.2 Å². The van der Waals surface area contributed by atoms with E-state index >= 15 is 0 Å². The minimum Gasteiger partial charge on any atom is -0.341 e. The van der Waals surface area contributed by atoms with E-state index in [0.717, 1.165) is 23.8 Å². The number of halogens is 1. The maximum Gasteiger partial charge on any atom is 0.253 e. The van der Waals surface area contributed by atoms with Crippen LogP contribution in [-0.4, -0.2) is 41.8 Å². The van der Waals surface area contributed by atoms with Gasteiger partial charge in [0.15, 0.2) is 0 Å². The zero-order valence-electron chi connectivity index (χ0n) is 17.1. The minimum atomic E-state index is -0.367. The fraction of sp³-hybridized carbons (Fsp3) is 0.280. The molecule has 1 aliphatic heterocycles. The van der Waals surface area contributed by atoms with Crippen LogP contribution in [-0.2, 0) is 11.3 Å². The molecule has 1 heterocycles. The molecule has 0 bridgehead atoms. The number of carbonyl (C=O) groups excluding carboxylic acids is 2. The van der Waals surface area contributed by atoms with Crippen LogP contribution in [0.25, 0.3) is 10.8 Å². The Labute approximate surface area is 175 Å². The molecule has 0 N–H and O–H groups in total.